The Morgan fingerprint density at radius 3 is 0.622 bits per heavy atom. The van der Waals surface area contributed by atoms with Crippen LogP contribution in [0.4, 0.5) is 96.6 Å². The third-order valence-electron chi connectivity index (χ3n) is 5.23. The predicted molar refractivity (Wildman–Crippen MR) is 66.8 cm³/mol. The summed E-state index contributed by atoms with van der Waals surface area (Å²) < 4.78 is 295. The third-order valence-corrected chi connectivity index (χ3v) is 5.23. The van der Waals surface area contributed by atoms with Crippen molar-refractivity contribution in [3.05, 3.63) is 23.7 Å². The molecule has 2 saturated carbocycles. The van der Waals surface area contributed by atoms with E-state index in [1.807, 2.05) is 0 Å². The number of halogens is 22. The van der Waals surface area contributed by atoms with E-state index in [1.54, 1.807) is 0 Å². The summed E-state index contributed by atoms with van der Waals surface area (Å²) in [5, 5.41) is 0. The fourth-order valence-corrected chi connectivity index (χ4v) is 3.04. The Hall–Kier alpha value is -2.26. The summed E-state index contributed by atoms with van der Waals surface area (Å²) in [6.45, 7) is 0. The average Bonchev–Trinajstić information content (AvgIpc) is 2.82. The van der Waals surface area contributed by atoms with Crippen molar-refractivity contribution < 1.29 is 101 Å². The van der Waals surface area contributed by atoms with E-state index in [1.165, 1.54) is 0 Å². The number of hydrogen-bond acceptors (Lipinski definition) is 1. The van der Waals surface area contributed by atoms with Crippen molar-refractivity contribution in [2.24, 2.45) is 0 Å². The number of alkyl halides is 18. The Morgan fingerprint density at radius 1 is 0.297 bits per heavy atom. The molecule has 0 spiro atoms. The van der Waals surface area contributed by atoms with Crippen LogP contribution in [-0.4, -0.2) is 58.7 Å². The highest BCUT2D eigenvalue weighted by Gasteiger charge is 3.03. The van der Waals surface area contributed by atoms with Gasteiger partial charge in [-0.25, -0.2) is 17.6 Å². The molecule has 0 aromatic heterocycles. The SMILES string of the molecule is FC(OC(F)=C(F)C1(F)C(F)(F)C(F)(F)C(F)(F)C1(F)F)=C(F)C1(F)C(F)(F)C(F)(F)C(F)(F)C1(F)F. The molecule has 1 nitrogen and oxygen atoms in total. The van der Waals surface area contributed by atoms with Gasteiger partial charge in [-0.3, -0.25) is 0 Å². The summed E-state index contributed by atoms with van der Waals surface area (Å²) in [7, 11) is 0. The summed E-state index contributed by atoms with van der Waals surface area (Å²) >= 11 is 0. The van der Waals surface area contributed by atoms with Crippen molar-refractivity contribution in [1.29, 1.82) is 0 Å². The van der Waals surface area contributed by atoms with E-state index in [9.17, 15) is 96.6 Å². The highest BCUT2D eigenvalue weighted by molar-refractivity contribution is 5.38. The van der Waals surface area contributed by atoms with Crippen molar-refractivity contribution in [2.45, 2.75) is 58.7 Å². The van der Waals surface area contributed by atoms with Gasteiger partial charge in [-0.05, 0) is 0 Å². The first-order chi connectivity index (χ1) is 15.9. The van der Waals surface area contributed by atoms with Gasteiger partial charge in [0.05, 0.1) is 0 Å². The van der Waals surface area contributed by atoms with E-state index in [4.69, 9.17) is 0 Å². The largest absolute Gasteiger partial charge is 0.400 e. The smallest absolute Gasteiger partial charge is 0.382 e. The fraction of sp³-hybridized carbons (Fsp3) is 0.714. The highest BCUT2D eigenvalue weighted by atomic mass is 19.4. The lowest BCUT2D eigenvalue weighted by atomic mass is 9.95. The molecule has 23 heteroatoms. The molecule has 0 aliphatic heterocycles. The molecule has 2 aliphatic carbocycles. The van der Waals surface area contributed by atoms with Crippen LogP contribution in [0.2, 0.25) is 0 Å². The number of ether oxygens (including phenoxy) is 1. The first-order valence-electron chi connectivity index (χ1n) is 8.07. The van der Waals surface area contributed by atoms with Crippen molar-refractivity contribution in [2.75, 3.05) is 0 Å². The van der Waals surface area contributed by atoms with Gasteiger partial charge in [0, 0.05) is 0 Å². The lowest BCUT2D eigenvalue weighted by molar-refractivity contribution is -0.303. The van der Waals surface area contributed by atoms with Gasteiger partial charge >= 0.3 is 70.7 Å². The number of hydrogen-bond donors (Lipinski definition) is 0. The molecule has 0 N–H and O–H groups in total. The van der Waals surface area contributed by atoms with Crippen molar-refractivity contribution in [1.82, 2.24) is 0 Å². The predicted octanol–water partition coefficient (Wildman–Crippen LogP) is 7.75. The van der Waals surface area contributed by atoms with Gasteiger partial charge in [0.15, 0.2) is 0 Å². The van der Waals surface area contributed by atoms with Crippen LogP contribution in [0, 0.1) is 0 Å². The molecule has 0 saturated heterocycles. The maximum atomic E-state index is 14.0. The maximum absolute atomic E-state index is 14.0. The summed E-state index contributed by atoms with van der Waals surface area (Å²) in [5.41, 5.74) is -15.3. The van der Waals surface area contributed by atoms with Crippen LogP contribution >= 0.6 is 0 Å². The van der Waals surface area contributed by atoms with Gasteiger partial charge < -0.3 is 4.74 Å². The van der Waals surface area contributed by atoms with E-state index in [2.05, 4.69) is 4.74 Å². The summed E-state index contributed by atoms with van der Waals surface area (Å²) in [6.07, 6.45) is 0. The van der Waals surface area contributed by atoms with Crippen LogP contribution in [-0.2, 0) is 4.74 Å². The standard InChI is InChI=1S/C14F22O/c15-1(5(19)7(21,22)11(29,30)12(31,32)8(5,23)24)3(17)37-4(18)2(16)6(20)9(25,26)13(33,34)14(35,36)10(6,27)28. The van der Waals surface area contributed by atoms with E-state index in [0.717, 1.165) is 0 Å². The minimum Gasteiger partial charge on any atom is -0.400 e. The molecule has 2 rings (SSSR count). The number of allylic oxidation sites excluding steroid dienone is 2. The minimum absolute atomic E-state index is 2.06. The Labute approximate surface area is 185 Å². The molecule has 2 fully saturated rings. The first kappa shape index (κ1) is 31.0. The lowest BCUT2D eigenvalue weighted by Gasteiger charge is -2.30. The highest BCUT2D eigenvalue weighted by Crippen LogP contribution is 2.73. The second-order valence-corrected chi connectivity index (χ2v) is 7.19. The van der Waals surface area contributed by atoms with E-state index < -0.39 is 82.4 Å². The molecule has 0 amide bonds. The van der Waals surface area contributed by atoms with Gasteiger partial charge in [0.25, 0.3) is 0 Å². The zero-order valence-corrected chi connectivity index (χ0v) is 15.7. The molecule has 0 radical (unpaired) electrons. The third kappa shape index (κ3) is 2.72. The molecular formula is C14F22O. The zero-order chi connectivity index (χ0) is 30.0. The lowest BCUT2D eigenvalue weighted by Crippen LogP contribution is -2.56. The van der Waals surface area contributed by atoms with Gasteiger partial charge in [-0.15, -0.1) is 0 Å². The van der Waals surface area contributed by atoms with Crippen LogP contribution in [0.15, 0.2) is 23.7 Å². The maximum Gasteiger partial charge on any atom is 0.382 e. The number of rotatable bonds is 4. The minimum atomic E-state index is -7.76. The fourth-order valence-electron chi connectivity index (χ4n) is 3.04. The van der Waals surface area contributed by atoms with Crippen LogP contribution in [0.25, 0.3) is 0 Å². The second-order valence-electron chi connectivity index (χ2n) is 7.19. The van der Waals surface area contributed by atoms with Gasteiger partial charge in [-0.1, -0.05) is 0 Å². The molecule has 0 heterocycles. The van der Waals surface area contributed by atoms with Gasteiger partial charge in [0.2, 0.25) is 11.7 Å². The quantitative estimate of drug-likeness (QED) is 0.237. The molecule has 37 heavy (non-hydrogen) atoms. The normalized spacial score (nSPS) is 31.8. The molecule has 2 aliphatic rings. The zero-order valence-electron chi connectivity index (χ0n) is 15.7. The van der Waals surface area contributed by atoms with E-state index in [0.29, 0.717) is 0 Å². The van der Waals surface area contributed by atoms with Crippen LogP contribution in [0.1, 0.15) is 0 Å². The monoisotopic (exact) mass is 602 g/mol. The van der Waals surface area contributed by atoms with E-state index >= 15 is 0 Å². The molecule has 216 valence electrons. The molecule has 0 bridgehead atoms. The molecule has 0 unspecified atom stereocenters. The molecular weight excluding hydrogens is 602 g/mol. The topological polar surface area (TPSA) is 9.23 Å². The van der Waals surface area contributed by atoms with Crippen LogP contribution in [0.5, 0.6) is 0 Å². The van der Waals surface area contributed by atoms with Gasteiger partial charge in [0.1, 0.15) is 0 Å². The van der Waals surface area contributed by atoms with Crippen molar-refractivity contribution in [3.63, 3.8) is 0 Å². The summed E-state index contributed by atoms with van der Waals surface area (Å²) in [5.74, 6) is -71.8. The Bertz CT molecular complexity index is 914. The van der Waals surface area contributed by atoms with Gasteiger partial charge in [-0.2, -0.15) is 79.0 Å². The Balaban J connectivity index is 2.75. The Kier molecular flexibility index (Phi) is 6.05. The van der Waals surface area contributed by atoms with Crippen LogP contribution in [0.3, 0.4) is 0 Å². The van der Waals surface area contributed by atoms with Crippen molar-refractivity contribution in [3.8, 4) is 0 Å². The van der Waals surface area contributed by atoms with Crippen LogP contribution < -0.4 is 0 Å². The molecule has 0 atom stereocenters. The first-order valence-corrected chi connectivity index (χ1v) is 8.07. The van der Waals surface area contributed by atoms with E-state index in [-0.39, 0.29) is 0 Å². The summed E-state index contributed by atoms with van der Waals surface area (Å²) in [4.78, 5) is 0. The second kappa shape index (κ2) is 7.23. The van der Waals surface area contributed by atoms with Crippen molar-refractivity contribution >= 4 is 0 Å². The summed E-state index contributed by atoms with van der Waals surface area (Å²) in [6, 6.07) is -9.48. The molecule has 0 aromatic carbocycles. The molecule has 0 aromatic rings. The Morgan fingerprint density at radius 2 is 0.459 bits per heavy atom. The average molecular weight is 602 g/mol.